The van der Waals surface area contributed by atoms with Crippen molar-refractivity contribution in [3.8, 4) is 5.88 Å². The largest absolute Gasteiger partial charge is 0.515 e. The fraction of sp³-hybridized carbons (Fsp3) is 0.0952. The summed E-state index contributed by atoms with van der Waals surface area (Å²) >= 11 is 0. The minimum absolute atomic E-state index is 0.0992. The lowest BCUT2D eigenvalue weighted by Gasteiger charge is -2.03. The molecule has 0 aliphatic heterocycles. The van der Waals surface area contributed by atoms with Gasteiger partial charge < -0.3 is 14.5 Å². The van der Waals surface area contributed by atoms with Gasteiger partial charge in [-0.05, 0) is 49.4 Å². The Morgan fingerprint density at radius 1 is 1.00 bits per heavy atom. The number of rotatable bonds is 4. The highest BCUT2D eigenvalue weighted by Crippen LogP contribution is 2.29. The highest BCUT2D eigenvalue weighted by atomic mass is 19.1. The van der Waals surface area contributed by atoms with Gasteiger partial charge in [0.05, 0.1) is 18.3 Å². The number of halogens is 1. The van der Waals surface area contributed by atoms with Crippen molar-refractivity contribution >= 4 is 33.7 Å². The number of hydrogen-bond acceptors (Lipinski definition) is 5. The molecule has 0 bridgehead atoms. The van der Waals surface area contributed by atoms with E-state index in [0.717, 1.165) is 21.8 Å². The SMILES string of the molecule is CCOC(=O)Oc1cc2c(cn1)[nH]c1ccc(C(=O)c3ccc(F)cc3)cc12. The van der Waals surface area contributed by atoms with Gasteiger partial charge in [0.2, 0.25) is 5.88 Å². The molecule has 0 fully saturated rings. The number of carbonyl (C=O) groups excluding carboxylic acids is 2. The molecule has 0 unspecified atom stereocenters. The van der Waals surface area contributed by atoms with Gasteiger partial charge in [-0.1, -0.05) is 0 Å². The van der Waals surface area contributed by atoms with Crippen LogP contribution in [0.15, 0.2) is 54.7 Å². The third kappa shape index (κ3) is 3.29. The second-order valence-corrected chi connectivity index (χ2v) is 6.07. The van der Waals surface area contributed by atoms with Crippen LogP contribution in [0.25, 0.3) is 21.8 Å². The summed E-state index contributed by atoms with van der Waals surface area (Å²) in [5.74, 6) is -0.513. The number of aromatic nitrogens is 2. The molecule has 7 heteroatoms. The standard InChI is InChI=1S/C21H15FN2O4/c1-2-27-21(26)28-19-10-16-15-9-13(5-8-17(15)24-18(16)11-23-19)20(25)12-3-6-14(22)7-4-12/h3-11,24H,2H2,1H3. The maximum Gasteiger partial charge on any atom is 0.515 e. The van der Waals surface area contributed by atoms with E-state index in [1.165, 1.54) is 24.3 Å². The first kappa shape index (κ1) is 17.7. The van der Waals surface area contributed by atoms with E-state index in [9.17, 15) is 14.0 Å². The molecular formula is C21H15FN2O4. The average molecular weight is 378 g/mol. The van der Waals surface area contributed by atoms with Crippen LogP contribution < -0.4 is 4.74 Å². The fourth-order valence-corrected chi connectivity index (χ4v) is 2.98. The summed E-state index contributed by atoms with van der Waals surface area (Å²) in [6, 6.07) is 12.2. The number of hydrogen-bond donors (Lipinski definition) is 1. The van der Waals surface area contributed by atoms with E-state index in [0.29, 0.717) is 11.1 Å². The van der Waals surface area contributed by atoms with Gasteiger partial charge in [0.1, 0.15) is 5.82 Å². The quantitative estimate of drug-likeness (QED) is 0.414. The number of carbonyl (C=O) groups is 2. The number of pyridine rings is 1. The zero-order valence-corrected chi connectivity index (χ0v) is 14.9. The van der Waals surface area contributed by atoms with Gasteiger partial charge in [-0.3, -0.25) is 4.79 Å². The third-order valence-corrected chi connectivity index (χ3v) is 4.28. The molecule has 4 rings (SSSR count). The predicted octanol–water partition coefficient (Wildman–Crippen LogP) is 4.62. The van der Waals surface area contributed by atoms with Gasteiger partial charge in [-0.2, -0.15) is 0 Å². The topological polar surface area (TPSA) is 81.3 Å². The van der Waals surface area contributed by atoms with Crippen LogP contribution in [-0.2, 0) is 4.74 Å². The number of ketones is 1. The predicted molar refractivity (Wildman–Crippen MR) is 101 cm³/mol. The smallest absolute Gasteiger partial charge is 0.434 e. The first-order valence-electron chi connectivity index (χ1n) is 8.61. The van der Waals surface area contributed by atoms with Crippen LogP contribution in [0.5, 0.6) is 5.88 Å². The Balaban J connectivity index is 1.74. The molecule has 0 saturated heterocycles. The number of fused-ring (bicyclic) bond motifs is 3. The Morgan fingerprint density at radius 3 is 2.46 bits per heavy atom. The molecule has 0 spiro atoms. The van der Waals surface area contributed by atoms with Gasteiger partial charge >= 0.3 is 6.16 Å². The van der Waals surface area contributed by atoms with Crippen molar-refractivity contribution in [2.45, 2.75) is 6.92 Å². The fourth-order valence-electron chi connectivity index (χ4n) is 2.98. The van der Waals surface area contributed by atoms with Gasteiger partial charge in [0.15, 0.2) is 5.78 Å². The summed E-state index contributed by atoms with van der Waals surface area (Å²) in [6.45, 7) is 1.88. The zero-order valence-electron chi connectivity index (χ0n) is 14.9. The van der Waals surface area contributed by atoms with Gasteiger partial charge in [-0.25, -0.2) is 14.2 Å². The Bertz CT molecular complexity index is 1200. The van der Waals surface area contributed by atoms with E-state index in [2.05, 4.69) is 9.97 Å². The molecule has 0 saturated carbocycles. The zero-order chi connectivity index (χ0) is 19.7. The number of ether oxygens (including phenoxy) is 2. The minimum atomic E-state index is -0.832. The summed E-state index contributed by atoms with van der Waals surface area (Å²) in [7, 11) is 0. The molecule has 6 nitrogen and oxygen atoms in total. The molecule has 0 amide bonds. The molecule has 4 aromatic rings. The van der Waals surface area contributed by atoms with Crippen molar-refractivity contribution in [1.29, 1.82) is 0 Å². The number of aromatic amines is 1. The monoisotopic (exact) mass is 378 g/mol. The maximum absolute atomic E-state index is 13.1. The van der Waals surface area contributed by atoms with Crippen molar-refractivity contribution in [3.63, 3.8) is 0 Å². The molecule has 2 aromatic carbocycles. The number of H-pyrrole nitrogens is 1. The Kier molecular flexibility index (Phi) is 4.49. The first-order chi connectivity index (χ1) is 13.5. The van der Waals surface area contributed by atoms with Crippen LogP contribution >= 0.6 is 0 Å². The summed E-state index contributed by atoms with van der Waals surface area (Å²) < 4.78 is 22.9. The lowest BCUT2D eigenvalue weighted by Crippen LogP contribution is -2.10. The van der Waals surface area contributed by atoms with Crippen molar-refractivity contribution in [3.05, 3.63) is 71.7 Å². The van der Waals surface area contributed by atoms with Crippen molar-refractivity contribution < 1.29 is 23.5 Å². The van der Waals surface area contributed by atoms with E-state index in [1.54, 1.807) is 37.4 Å². The van der Waals surface area contributed by atoms with Crippen LogP contribution in [-0.4, -0.2) is 28.5 Å². The molecule has 2 aromatic heterocycles. The van der Waals surface area contributed by atoms with Crippen LogP contribution in [0.1, 0.15) is 22.8 Å². The van der Waals surface area contributed by atoms with E-state index < -0.39 is 12.0 Å². The van der Waals surface area contributed by atoms with Crippen molar-refractivity contribution in [2.75, 3.05) is 6.61 Å². The van der Waals surface area contributed by atoms with Gasteiger partial charge in [0, 0.05) is 33.5 Å². The Morgan fingerprint density at radius 2 is 1.71 bits per heavy atom. The van der Waals surface area contributed by atoms with E-state index in [4.69, 9.17) is 9.47 Å². The van der Waals surface area contributed by atoms with E-state index in [-0.39, 0.29) is 18.3 Å². The number of benzene rings is 2. The summed E-state index contributed by atoms with van der Waals surface area (Å²) in [4.78, 5) is 31.5. The van der Waals surface area contributed by atoms with E-state index in [1.807, 2.05) is 0 Å². The second-order valence-electron chi connectivity index (χ2n) is 6.07. The van der Waals surface area contributed by atoms with Crippen LogP contribution in [0.4, 0.5) is 9.18 Å². The van der Waals surface area contributed by atoms with Crippen LogP contribution in [0.3, 0.4) is 0 Å². The second kappa shape index (κ2) is 7.11. The summed E-state index contributed by atoms with van der Waals surface area (Å²) in [5.41, 5.74) is 2.40. The van der Waals surface area contributed by atoms with Gasteiger partial charge in [-0.15, -0.1) is 0 Å². The summed E-state index contributed by atoms with van der Waals surface area (Å²) in [6.07, 6.45) is 0.715. The van der Waals surface area contributed by atoms with Crippen molar-refractivity contribution in [1.82, 2.24) is 9.97 Å². The highest BCUT2D eigenvalue weighted by molar-refractivity contribution is 6.14. The molecule has 28 heavy (non-hydrogen) atoms. The normalized spacial score (nSPS) is 10.9. The Labute approximate surface area is 158 Å². The Hall–Kier alpha value is -3.74. The summed E-state index contributed by atoms with van der Waals surface area (Å²) in [5, 5.41) is 1.53. The molecule has 2 heterocycles. The molecule has 0 atom stereocenters. The average Bonchev–Trinajstić information content (AvgIpc) is 3.05. The lowest BCUT2D eigenvalue weighted by molar-refractivity contribution is 0.102. The molecule has 0 aliphatic rings. The maximum atomic E-state index is 13.1. The molecule has 140 valence electrons. The third-order valence-electron chi connectivity index (χ3n) is 4.28. The highest BCUT2D eigenvalue weighted by Gasteiger charge is 2.14. The van der Waals surface area contributed by atoms with Crippen LogP contribution in [0, 0.1) is 5.82 Å². The lowest BCUT2D eigenvalue weighted by atomic mass is 10.0. The molecule has 0 aliphatic carbocycles. The number of nitrogens with one attached hydrogen (secondary N) is 1. The molecule has 0 radical (unpaired) electrons. The van der Waals surface area contributed by atoms with E-state index >= 15 is 0 Å². The van der Waals surface area contributed by atoms with Gasteiger partial charge in [0.25, 0.3) is 0 Å². The molecular weight excluding hydrogens is 363 g/mol. The minimum Gasteiger partial charge on any atom is -0.434 e. The number of nitrogens with zero attached hydrogens (tertiary/aromatic N) is 1. The van der Waals surface area contributed by atoms with Crippen LogP contribution in [0.2, 0.25) is 0 Å². The van der Waals surface area contributed by atoms with Crippen molar-refractivity contribution in [2.24, 2.45) is 0 Å². The first-order valence-corrected chi connectivity index (χ1v) is 8.61. The molecule has 1 N–H and O–H groups in total.